The molecule has 10 heteroatoms. The van der Waals surface area contributed by atoms with Crippen LogP contribution in [0, 0.1) is 17.3 Å². The molecule has 0 aromatic carbocycles. The highest BCUT2D eigenvalue weighted by atomic mass is 32.1. The summed E-state index contributed by atoms with van der Waals surface area (Å²) in [5.74, 6) is -1.63. The van der Waals surface area contributed by atoms with E-state index < -0.39 is 29.5 Å². The number of hydrogen-bond acceptors (Lipinski definition) is 10. The molecule has 2 aliphatic rings. The van der Waals surface area contributed by atoms with Crippen LogP contribution in [0.1, 0.15) is 84.9 Å². The second-order valence-corrected chi connectivity index (χ2v) is 12.6. The SMILES string of the molecule is CC(=O)OCc1nc(/C=C(\C)C2CC3O[C@]3(C)CCC[C@H](C)[C@H](OC=O)[C@@H](C)C(=O)C(C)(C)/C=C/C(=O)O2)cs1. The average Bonchev–Trinajstić information content (AvgIpc) is 3.29. The van der Waals surface area contributed by atoms with Crippen LogP contribution in [0.15, 0.2) is 23.1 Å². The Morgan fingerprint density at radius 1 is 1.23 bits per heavy atom. The molecule has 0 radical (unpaired) electrons. The van der Waals surface area contributed by atoms with E-state index in [2.05, 4.69) is 11.9 Å². The fourth-order valence-corrected chi connectivity index (χ4v) is 5.96. The Morgan fingerprint density at radius 3 is 2.62 bits per heavy atom. The van der Waals surface area contributed by atoms with Crippen molar-refractivity contribution in [3.8, 4) is 0 Å². The first-order valence-corrected chi connectivity index (χ1v) is 14.6. The molecule has 0 saturated carbocycles. The maximum absolute atomic E-state index is 13.4. The molecule has 0 amide bonds. The number of esters is 2. The van der Waals surface area contributed by atoms with Gasteiger partial charge in [-0.3, -0.25) is 14.4 Å². The minimum absolute atomic E-state index is 0.0237. The summed E-state index contributed by atoms with van der Waals surface area (Å²) in [6.07, 6.45) is 6.38. The lowest BCUT2D eigenvalue weighted by atomic mass is 9.76. The second kappa shape index (κ2) is 13.2. The van der Waals surface area contributed by atoms with Crippen LogP contribution in [0.2, 0.25) is 0 Å². The molecule has 1 fully saturated rings. The van der Waals surface area contributed by atoms with Crippen LogP contribution in [-0.2, 0) is 44.7 Å². The maximum Gasteiger partial charge on any atom is 0.331 e. The number of ether oxygens (including phenoxy) is 4. The van der Waals surface area contributed by atoms with E-state index in [0.29, 0.717) is 23.6 Å². The van der Waals surface area contributed by atoms with Crippen LogP contribution in [0.25, 0.3) is 6.08 Å². The first-order chi connectivity index (χ1) is 18.8. The number of thiazole rings is 1. The second-order valence-electron chi connectivity index (χ2n) is 11.7. The molecule has 3 rings (SSSR count). The number of fused-ring (bicyclic) bond motifs is 1. The van der Waals surface area contributed by atoms with E-state index in [0.717, 1.165) is 24.8 Å². The largest absolute Gasteiger partial charge is 0.464 e. The topological polar surface area (TPSA) is 121 Å². The van der Waals surface area contributed by atoms with Crippen LogP contribution in [-0.4, -0.2) is 53.1 Å². The van der Waals surface area contributed by atoms with Gasteiger partial charge in [-0.05, 0) is 58.1 Å². The van der Waals surface area contributed by atoms with E-state index in [1.54, 1.807) is 26.8 Å². The molecular formula is C30H41NO8S. The van der Waals surface area contributed by atoms with Gasteiger partial charge >= 0.3 is 11.9 Å². The summed E-state index contributed by atoms with van der Waals surface area (Å²) >= 11 is 1.38. The number of ketones is 1. The lowest BCUT2D eigenvalue weighted by Gasteiger charge is -2.31. The van der Waals surface area contributed by atoms with Crippen molar-refractivity contribution in [2.24, 2.45) is 17.3 Å². The van der Waals surface area contributed by atoms with Gasteiger partial charge in [-0.15, -0.1) is 11.3 Å². The lowest BCUT2D eigenvalue weighted by Crippen LogP contribution is -2.39. The number of allylic oxidation sites excluding steroid dienone is 1. The molecule has 0 spiro atoms. The van der Waals surface area contributed by atoms with E-state index in [4.69, 9.17) is 18.9 Å². The Kier molecular flexibility index (Phi) is 10.5. The Balaban J connectivity index is 1.85. The van der Waals surface area contributed by atoms with E-state index in [-0.39, 0.29) is 36.0 Å². The van der Waals surface area contributed by atoms with Crippen molar-refractivity contribution in [1.29, 1.82) is 0 Å². The first-order valence-electron chi connectivity index (χ1n) is 13.7. The predicted molar refractivity (Wildman–Crippen MR) is 150 cm³/mol. The summed E-state index contributed by atoms with van der Waals surface area (Å²) in [6, 6.07) is 0. The Bertz CT molecular complexity index is 1150. The summed E-state index contributed by atoms with van der Waals surface area (Å²) in [5, 5.41) is 2.52. The fourth-order valence-electron chi connectivity index (χ4n) is 5.30. The van der Waals surface area contributed by atoms with Crippen molar-refractivity contribution in [1.82, 2.24) is 4.98 Å². The molecule has 1 saturated heterocycles. The zero-order valence-corrected chi connectivity index (χ0v) is 25.2. The molecule has 0 aliphatic carbocycles. The van der Waals surface area contributed by atoms with E-state index >= 15 is 0 Å². The van der Waals surface area contributed by atoms with Gasteiger partial charge in [0.05, 0.1) is 23.3 Å². The molecule has 40 heavy (non-hydrogen) atoms. The normalized spacial score (nSPS) is 32.4. The third kappa shape index (κ3) is 8.33. The number of carbonyl (C=O) groups excluding carboxylic acids is 4. The number of aromatic nitrogens is 1. The maximum atomic E-state index is 13.4. The lowest BCUT2D eigenvalue weighted by molar-refractivity contribution is -0.146. The van der Waals surface area contributed by atoms with Crippen LogP contribution in [0.4, 0.5) is 0 Å². The summed E-state index contributed by atoms with van der Waals surface area (Å²) in [7, 11) is 0. The Morgan fingerprint density at radius 2 is 1.95 bits per heavy atom. The molecule has 2 unspecified atom stereocenters. The predicted octanol–water partition coefficient (Wildman–Crippen LogP) is 5.22. The van der Waals surface area contributed by atoms with Crippen molar-refractivity contribution in [3.05, 3.63) is 33.8 Å². The quantitative estimate of drug-likeness (QED) is 0.194. The highest BCUT2D eigenvalue weighted by molar-refractivity contribution is 7.09. The fraction of sp³-hybridized carbons (Fsp3) is 0.633. The smallest absolute Gasteiger partial charge is 0.331 e. The molecule has 9 nitrogen and oxygen atoms in total. The van der Waals surface area contributed by atoms with Gasteiger partial charge < -0.3 is 18.9 Å². The van der Waals surface area contributed by atoms with Gasteiger partial charge in [0, 0.05) is 30.2 Å². The summed E-state index contributed by atoms with van der Waals surface area (Å²) < 4.78 is 22.4. The molecule has 3 heterocycles. The van der Waals surface area contributed by atoms with Crippen molar-refractivity contribution in [2.75, 3.05) is 0 Å². The minimum atomic E-state index is -0.975. The molecule has 0 N–H and O–H groups in total. The van der Waals surface area contributed by atoms with Gasteiger partial charge in [0.1, 0.15) is 29.6 Å². The van der Waals surface area contributed by atoms with Gasteiger partial charge in [0.15, 0.2) is 0 Å². The van der Waals surface area contributed by atoms with Gasteiger partial charge in [-0.2, -0.15) is 0 Å². The van der Waals surface area contributed by atoms with Gasteiger partial charge in [0.2, 0.25) is 0 Å². The first kappa shape index (κ1) is 31.7. The molecule has 1 aromatic heterocycles. The van der Waals surface area contributed by atoms with E-state index in [1.165, 1.54) is 24.3 Å². The number of cyclic esters (lactones) is 1. The number of rotatable bonds is 6. The molecule has 0 bridgehead atoms. The monoisotopic (exact) mass is 575 g/mol. The molecule has 2 aliphatic heterocycles. The highest BCUT2D eigenvalue weighted by Gasteiger charge is 2.52. The molecular weight excluding hydrogens is 534 g/mol. The van der Waals surface area contributed by atoms with Crippen LogP contribution >= 0.6 is 11.3 Å². The Hall–Kier alpha value is -2.85. The standard InChI is InChI=1S/C30H41NO8S/c1-18-9-8-11-30(7)24(39-30)14-23(19(2)13-22-16-40-25(31-22)15-36-21(4)33)38-26(34)10-12-29(5,6)28(35)20(3)27(18)37-17-32/h10,12-13,16-18,20,23-24,27H,8-9,11,14-15H2,1-7H3/b12-10+,19-13+/t18-,20+,23?,24?,27-,30+/m0/s1. The van der Waals surface area contributed by atoms with Crippen LogP contribution < -0.4 is 0 Å². The van der Waals surface area contributed by atoms with E-state index in [1.807, 2.05) is 25.3 Å². The number of nitrogens with zero attached hydrogens (tertiary/aromatic N) is 1. The molecule has 220 valence electrons. The molecule has 6 atom stereocenters. The summed E-state index contributed by atoms with van der Waals surface area (Å²) in [6.45, 7) is 13.1. The van der Waals surface area contributed by atoms with Crippen molar-refractivity contribution in [2.45, 2.75) is 105 Å². The number of hydrogen-bond donors (Lipinski definition) is 0. The summed E-state index contributed by atoms with van der Waals surface area (Å²) in [4.78, 5) is 53.2. The Labute approximate surface area is 240 Å². The van der Waals surface area contributed by atoms with Crippen LogP contribution in [0.3, 0.4) is 0 Å². The minimum Gasteiger partial charge on any atom is -0.464 e. The number of Topliss-reactive ketones (excluding diaryl/α,β-unsaturated/α-hetero) is 1. The average molecular weight is 576 g/mol. The van der Waals surface area contributed by atoms with Crippen molar-refractivity contribution in [3.63, 3.8) is 0 Å². The third-order valence-corrected chi connectivity index (χ3v) is 8.70. The van der Waals surface area contributed by atoms with Crippen molar-refractivity contribution >= 4 is 41.6 Å². The zero-order chi connectivity index (χ0) is 29.7. The van der Waals surface area contributed by atoms with Gasteiger partial charge in [-0.25, -0.2) is 9.78 Å². The van der Waals surface area contributed by atoms with Gasteiger partial charge in [-0.1, -0.05) is 26.3 Å². The number of epoxide rings is 1. The zero-order valence-electron chi connectivity index (χ0n) is 24.4. The summed E-state index contributed by atoms with van der Waals surface area (Å²) in [5.41, 5.74) is 0.165. The van der Waals surface area contributed by atoms with Gasteiger partial charge in [0.25, 0.3) is 6.47 Å². The van der Waals surface area contributed by atoms with Crippen molar-refractivity contribution < 1.29 is 38.1 Å². The highest BCUT2D eigenvalue weighted by Crippen LogP contribution is 2.45. The number of carbonyl (C=O) groups is 4. The molecule has 1 aromatic rings. The third-order valence-electron chi connectivity index (χ3n) is 7.86. The van der Waals surface area contributed by atoms with Crippen LogP contribution in [0.5, 0.6) is 0 Å². The van der Waals surface area contributed by atoms with E-state index in [9.17, 15) is 19.2 Å².